The van der Waals surface area contributed by atoms with Crippen molar-refractivity contribution >= 4 is 11.6 Å². The van der Waals surface area contributed by atoms with E-state index >= 15 is 0 Å². The summed E-state index contributed by atoms with van der Waals surface area (Å²) < 4.78 is 5.63. The highest BCUT2D eigenvalue weighted by atomic mass is 35.5. The van der Waals surface area contributed by atoms with Gasteiger partial charge in [-0.1, -0.05) is 30.7 Å². The minimum Gasteiger partial charge on any atom is -0.486 e. The van der Waals surface area contributed by atoms with Crippen molar-refractivity contribution in [1.29, 1.82) is 0 Å². The molecule has 88 valence electrons. The molecule has 0 amide bonds. The van der Waals surface area contributed by atoms with Gasteiger partial charge in [0.05, 0.1) is 10.7 Å². The second-order valence-electron chi connectivity index (χ2n) is 3.73. The third kappa shape index (κ3) is 3.21. The molecule has 0 saturated carbocycles. The summed E-state index contributed by atoms with van der Waals surface area (Å²) in [5.74, 6) is 0.703. The smallest absolute Gasteiger partial charge is 0.138 e. The van der Waals surface area contributed by atoms with Crippen molar-refractivity contribution in [2.45, 2.75) is 20.0 Å². The van der Waals surface area contributed by atoms with Gasteiger partial charge in [0.25, 0.3) is 0 Å². The summed E-state index contributed by atoms with van der Waals surface area (Å²) in [5.41, 5.74) is 2.10. The van der Waals surface area contributed by atoms with Crippen LogP contribution in [0.2, 0.25) is 5.02 Å². The third-order valence-corrected chi connectivity index (χ3v) is 2.80. The maximum atomic E-state index is 6.13. The van der Waals surface area contributed by atoms with Gasteiger partial charge in [-0.15, -0.1) is 0 Å². The van der Waals surface area contributed by atoms with E-state index in [0.29, 0.717) is 17.4 Å². The molecule has 0 N–H and O–H groups in total. The lowest BCUT2D eigenvalue weighted by atomic mass is 10.2. The Kier molecular flexibility index (Phi) is 3.99. The van der Waals surface area contributed by atoms with Crippen LogP contribution in [0.25, 0.3) is 0 Å². The van der Waals surface area contributed by atoms with Gasteiger partial charge in [0.1, 0.15) is 12.4 Å². The molecule has 0 atom stereocenters. The molecule has 2 rings (SSSR count). The zero-order valence-electron chi connectivity index (χ0n) is 9.69. The number of benzene rings is 1. The molecule has 17 heavy (non-hydrogen) atoms. The van der Waals surface area contributed by atoms with E-state index in [0.717, 1.165) is 12.1 Å². The van der Waals surface area contributed by atoms with Gasteiger partial charge in [-0.25, -0.2) is 0 Å². The van der Waals surface area contributed by atoms with Crippen LogP contribution < -0.4 is 4.74 Å². The van der Waals surface area contributed by atoms with Gasteiger partial charge in [-0.3, -0.25) is 4.98 Å². The maximum Gasteiger partial charge on any atom is 0.138 e. The average Bonchev–Trinajstić information content (AvgIpc) is 2.38. The van der Waals surface area contributed by atoms with E-state index < -0.39 is 0 Å². The van der Waals surface area contributed by atoms with Gasteiger partial charge in [-0.05, 0) is 36.2 Å². The van der Waals surface area contributed by atoms with Crippen LogP contribution >= 0.6 is 11.6 Å². The summed E-state index contributed by atoms with van der Waals surface area (Å²) in [4.78, 5) is 4.19. The first kappa shape index (κ1) is 11.9. The fraction of sp³-hybridized carbons (Fsp3) is 0.214. The first-order valence-corrected chi connectivity index (χ1v) is 5.98. The van der Waals surface area contributed by atoms with E-state index in [4.69, 9.17) is 16.3 Å². The summed E-state index contributed by atoms with van der Waals surface area (Å²) >= 11 is 6.13. The molecule has 0 saturated heterocycles. The highest BCUT2D eigenvalue weighted by Gasteiger charge is 2.03. The van der Waals surface area contributed by atoms with Crippen LogP contribution in [-0.2, 0) is 13.0 Å². The number of hydrogen-bond donors (Lipinski definition) is 0. The summed E-state index contributed by atoms with van der Waals surface area (Å²) in [6.07, 6.45) is 2.72. The van der Waals surface area contributed by atoms with Gasteiger partial charge in [-0.2, -0.15) is 0 Å². The molecule has 0 unspecified atom stereocenters. The van der Waals surface area contributed by atoms with E-state index in [1.165, 1.54) is 5.56 Å². The summed E-state index contributed by atoms with van der Waals surface area (Å²) in [5, 5.41) is 0.653. The first-order chi connectivity index (χ1) is 8.29. The quantitative estimate of drug-likeness (QED) is 0.818. The largest absolute Gasteiger partial charge is 0.486 e. The molecular formula is C14H14ClNO. The Morgan fingerprint density at radius 2 is 2.12 bits per heavy atom. The summed E-state index contributed by atoms with van der Waals surface area (Å²) in [6.45, 7) is 2.53. The molecule has 0 fully saturated rings. The van der Waals surface area contributed by atoms with E-state index in [2.05, 4.69) is 11.9 Å². The second-order valence-corrected chi connectivity index (χ2v) is 4.14. The second kappa shape index (κ2) is 5.69. The van der Waals surface area contributed by atoms with Crippen molar-refractivity contribution in [2.24, 2.45) is 0 Å². The number of pyridine rings is 1. The molecule has 2 nitrogen and oxygen atoms in total. The number of nitrogens with zero attached hydrogens (tertiary/aromatic N) is 1. The Morgan fingerprint density at radius 3 is 2.76 bits per heavy atom. The highest BCUT2D eigenvalue weighted by Crippen LogP contribution is 2.26. The van der Waals surface area contributed by atoms with Crippen LogP contribution in [0.5, 0.6) is 5.75 Å². The Morgan fingerprint density at radius 1 is 1.24 bits per heavy atom. The SMILES string of the molecule is CCc1ccc(OCc2ccccn2)c(Cl)c1. The van der Waals surface area contributed by atoms with E-state index in [9.17, 15) is 0 Å². The lowest BCUT2D eigenvalue weighted by molar-refractivity contribution is 0.301. The van der Waals surface area contributed by atoms with Crippen LogP contribution in [0.3, 0.4) is 0 Å². The number of hydrogen-bond acceptors (Lipinski definition) is 2. The average molecular weight is 248 g/mol. The van der Waals surface area contributed by atoms with Crippen LogP contribution in [0, 0.1) is 0 Å². The topological polar surface area (TPSA) is 22.1 Å². The van der Waals surface area contributed by atoms with Gasteiger partial charge in [0.2, 0.25) is 0 Å². The molecule has 0 aliphatic carbocycles. The number of ether oxygens (including phenoxy) is 1. The van der Waals surface area contributed by atoms with Crippen molar-refractivity contribution in [1.82, 2.24) is 4.98 Å². The lowest BCUT2D eigenvalue weighted by Crippen LogP contribution is -1.98. The van der Waals surface area contributed by atoms with Crippen molar-refractivity contribution < 1.29 is 4.74 Å². The minimum atomic E-state index is 0.437. The van der Waals surface area contributed by atoms with E-state index in [1.54, 1.807) is 6.20 Å². The molecule has 3 heteroatoms. The Labute approximate surface area is 106 Å². The monoisotopic (exact) mass is 247 g/mol. The zero-order valence-corrected chi connectivity index (χ0v) is 10.4. The number of aryl methyl sites for hydroxylation is 1. The Hall–Kier alpha value is -1.54. The fourth-order valence-electron chi connectivity index (χ4n) is 1.52. The van der Waals surface area contributed by atoms with E-state index in [-0.39, 0.29) is 0 Å². The molecule has 0 spiro atoms. The van der Waals surface area contributed by atoms with Crippen LogP contribution in [0.15, 0.2) is 42.6 Å². The van der Waals surface area contributed by atoms with Crippen molar-refractivity contribution in [2.75, 3.05) is 0 Å². The number of rotatable bonds is 4. The van der Waals surface area contributed by atoms with Crippen molar-refractivity contribution in [3.8, 4) is 5.75 Å². The molecule has 0 bridgehead atoms. The standard InChI is InChI=1S/C14H14ClNO/c1-2-11-6-7-14(13(15)9-11)17-10-12-5-3-4-8-16-12/h3-9H,2,10H2,1H3. The van der Waals surface area contributed by atoms with Gasteiger partial charge in [0.15, 0.2) is 0 Å². The molecule has 2 aromatic rings. The normalized spacial score (nSPS) is 10.2. The Balaban J connectivity index is 2.04. The van der Waals surface area contributed by atoms with Crippen molar-refractivity contribution in [3.63, 3.8) is 0 Å². The predicted molar refractivity (Wildman–Crippen MR) is 69.4 cm³/mol. The third-order valence-electron chi connectivity index (χ3n) is 2.51. The van der Waals surface area contributed by atoms with Crippen molar-refractivity contribution in [3.05, 3.63) is 58.9 Å². The van der Waals surface area contributed by atoms with E-state index in [1.807, 2.05) is 36.4 Å². The first-order valence-electron chi connectivity index (χ1n) is 5.60. The molecular weight excluding hydrogens is 234 g/mol. The molecule has 0 aliphatic heterocycles. The summed E-state index contributed by atoms with van der Waals surface area (Å²) in [6, 6.07) is 11.6. The van der Waals surface area contributed by atoms with Crippen LogP contribution in [0.4, 0.5) is 0 Å². The van der Waals surface area contributed by atoms with Crippen LogP contribution in [-0.4, -0.2) is 4.98 Å². The number of aromatic nitrogens is 1. The summed E-state index contributed by atoms with van der Waals surface area (Å²) in [7, 11) is 0. The molecule has 1 aromatic heterocycles. The molecule has 0 radical (unpaired) electrons. The molecule has 1 heterocycles. The predicted octanol–water partition coefficient (Wildman–Crippen LogP) is 3.88. The minimum absolute atomic E-state index is 0.437. The number of halogens is 1. The van der Waals surface area contributed by atoms with Gasteiger partial charge in [0, 0.05) is 6.20 Å². The molecule has 0 aliphatic rings. The maximum absolute atomic E-state index is 6.13. The van der Waals surface area contributed by atoms with Gasteiger partial charge >= 0.3 is 0 Å². The highest BCUT2D eigenvalue weighted by molar-refractivity contribution is 6.32. The van der Waals surface area contributed by atoms with Crippen LogP contribution in [0.1, 0.15) is 18.2 Å². The lowest BCUT2D eigenvalue weighted by Gasteiger charge is -2.08. The Bertz CT molecular complexity index is 485. The molecule has 1 aromatic carbocycles. The fourth-order valence-corrected chi connectivity index (χ4v) is 1.77. The zero-order chi connectivity index (χ0) is 12.1. The van der Waals surface area contributed by atoms with Gasteiger partial charge < -0.3 is 4.74 Å².